The highest BCUT2D eigenvalue weighted by Crippen LogP contribution is 2.21. The number of amides is 2. The maximum Gasteiger partial charge on any atom is 0.242 e. The van der Waals surface area contributed by atoms with Crippen LogP contribution in [0, 0.1) is 5.92 Å². The zero-order valence-corrected chi connectivity index (χ0v) is 11.1. The monoisotopic (exact) mass is 253 g/mol. The second kappa shape index (κ2) is 5.69. The Hall–Kier alpha value is -1.10. The molecule has 0 bridgehead atoms. The van der Waals surface area contributed by atoms with Crippen molar-refractivity contribution in [1.82, 2.24) is 9.80 Å². The van der Waals surface area contributed by atoms with Gasteiger partial charge >= 0.3 is 0 Å². The summed E-state index contributed by atoms with van der Waals surface area (Å²) in [6, 6.07) is 0.100. The largest absolute Gasteiger partial charge is 0.339 e. The van der Waals surface area contributed by atoms with Gasteiger partial charge in [0, 0.05) is 32.1 Å². The fourth-order valence-corrected chi connectivity index (χ4v) is 2.91. The fourth-order valence-electron chi connectivity index (χ4n) is 2.91. The van der Waals surface area contributed by atoms with E-state index in [0.717, 1.165) is 32.4 Å². The lowest BCUT2D eigenvalue weighted by atomic mass is 9.99. The Kier molecular flexibility index (Phi) is 4.22. The maximum atomic E-state index is 12.1. The SMILES string of the molecule is CCC[C@@H]1CN(C(=O)CN2CCCC2=O)C[C@H]1N. The van der Waals surface area contributed by atoms with E-state index in [0.29, 0.717) is 18.9 Å². The molecule has 2 N–H and O–H groups in total. The van der Waals surface area contributed by atoms with Crippen molar-refractivity contribution in [2.24, 2.45) is 11.7 Å². The average Bonchev–Trinajstić information content (AvgIpc) is 2.88. The van der Waals surface area contributed by atoms with Crippen molar-refractivity contribution < 1.29 is 9.59 Å². The molecule has 0 radical (unpaired) electrons. The first kappa shape index (κ1) is 13.3. The Labute approximate surface area is 108 Å². The topological polar surface area (TPSA) is 66.6 Å². The van der Waals surface area contributed by atoms with Crippen molar-refractivity contribution in [3.8, 4) is 0 Å². The van der Waals surface area contributed by atoms with Gasteiger partial charge in [-0.2, -0.15) is 0 Å². The molecule has 0 unspecified atom stereocenters. The van der Waals surface area contributed by atoms with Gasteiger partial charge in [0.05, 0.1) is 6.54 Å². The summed E-state index contributed by atoms with van der Waals surface area (Å²) >= 11 is 0. The summed E-state index contributed by atoms with van der Waals surface area (Å²) in [6.07, 6.45) is 3.65. The maximum absolute atomic E-state index is 12.1. The van der Waals surface area contributed by atoms with E-state index < -0.39 is 0 Å². The van der Waals surface area contributed by atoms with E-state index in [2.05, 4.69) is 6.92 Å². The highest BCUT2D eigenvalue weighted by molar-refractivity contribution is 5.86. The van der Waals surface area contributed by atoms with E-state index >= 15 is 0 Å². The van der Waals surface area contributed by atoms with Gasteiger partial charge in [0.25, 0.3) is 0 Å². The van der Waals surface area contributed by atoms with Crippen LogP contribution < -0.4 is 5.73 Å². The van der Waals surface area contributed by atoms with Gasteiger partial charge in [0.2, 0.25) is 11.8 Å². The van der Waals surface area contributed by atoms with Crippen molar-refractivity contribution in [2.45, 2.75) is 38.6 Å². The van der Waals surface area contributed by atoms with Crippen molar-refractivity contribution in [3.63, 3.8) is 0 Å². The fraction of sp³-hybridized carbons (Fsp3) is 0.846. The molecule has 2 aliphatic rings. The molecule has 2 fully saturated rings. The minimum Gasteiger partial charge on any atom is -0.339 e. The molecule has 2 heterocycles. The Bertz CT molecular complexity index is 332. The van der Waals surface area contributed by atoms with E-state index in [1.165, 1.54) is 0 Å². The summed E-state index contributed by atoms with van der Waals surface area (Å²) in [4.78, 5) is 27.1. The molecule has 0 aliphatic carbocycles. The van der Waals surface area contributed by atoms with Gasteiger partial charge in [-0.1, -0.05) is 13.3 Å². The van der Waals surface area contributed by atoms with Gasteiger partial charge in [-0.15, -0.1) is 0 Å². The summed E-state index contributed by atoms with van der Waals surface area (Å²) in [5.41, 5.74) is 6.05. The molecule has 18 heavy (non-hydrogen) atoms. The third-order valence-corrected chi connectivity index (χ3v) is 4.00. The highest BCUT2D eigenvalue weighted by Gasteiger charge is 2.33. The highest BCUT2D eigenvalue weighted by atomic mass is 16.2. The second-order valence-corrected chi connectivity index (χ2v) is 5.43. The summed E-state index contributed by atoms with van der Waals surface area (Å²) in [5.74, 6) is 0.587. The van der Waals surface area contributed by atoms with Crippen LogP contribution >= 0.6 is 0 Å². The second-order valence-electron chi connectivity index (χ2n) is 5.43. The van der Waals surface area contributed by atoms with E-state index in [1.54, 1.807) is 4.90 Å². The molecule has 2 aliphatic heterocycles. The molecule has 5 heteroatoms. The standard InChI is InChI=1S/C13H23N3O2/c1-2-4-10-7-16(8-11(10)14)13(18)9-15-6-3-5-12(15)17/h10-11H,2-9,14H2,1H3/t10-,11-/m1/s1. The van der Waals surface area contributed by atoms with Crippen LogP contribution in [0.15, 0.2) is 0 Å². The molecule has 2 saturated heterocycles. The first-order chi connectivity index (χ1) is 8.61. The lowest BCUT2D eigenvalue weighted by molar-refractivity contribution is -0.137. The molecule has 2 atom stereocenters. The molecular formula is C13H23N3O2. The smallest absolute Gasteiger partial charge is 0.242 e. The third kappa shape index (κ3) is 2.83. The third-order valence-electron chi connectivity index (χ3n) is 4.00. The van der Waals surface area contributed by atoms with Crippen LogP contribution in [0.25, 0.3) is 0 Å². The Balaban J connectivity index is 1.85. The van der Waals surface area contributed by atoms with E-state index in [9.17, 15) is 9.59 Å². The molecule has 2 amide bonds. The number of carbonyl (C=O) groups is 2. The Morgan fingerprint density at radius 1 is 1.44 bits per heavy atom. The quantitative estimate of drug-likeness (QED) is 0.778. The predicted molar refractivity (Wildman–Crippen MR) is 68.8 cm³/mol. The molecule has 5 nitrogen and oxygen atoms in total. The molecule has 2 rings (SSSR count). The lowest BCUT2D eigenvalue weighted by Crippen LogP contribution is -2.40. The molecule has 102 valence electrons. The van der Waals surface area contributed by atoms with Gasteiger partial charge in [-0.3, -0.25) is 9.59 Å². The number of hydrogen-bond donors (Lipinski definition) is 1. The first-order valence-electron chi connectivity index (χ1n) is 6.93. The molecule has 0 aromatic heterocycles. The Morgan fingerprint density at radius 2 is 2.22 bits per heavy atom. The molecular weight excluding hydrogens is 230 g/mol. The molecule has 0 spiro atoms. The van der Waals surface area contributed by atoms with Crippen LogP contribution in [0.4, 0.5) is 0 Å². The number of nitrogens with two attached hydrogens (primary N) is 1. The van der Waals surface area contributed by atoms with Gasteiger partial charge in [0.15, 0.2) is 0 Å². The van der Waals surface area contributed by atoms with Crippen LogP contribution in [-0.4, -0.2) is 53.8 Å². The van der Waals surface area contributed by atoms with E-state index in [4.69, 9.17) is 5.73 Å². The van der Waals surface area contributed by atoms with Crippen LogP contribution in [0.2, 0.25) is 0 Å². The van der Waals surface area contributed by atoms with Crippen LogP contribution in [0.3, 0.4) is 0 Å². The minimum absolute atomic E-state index is 0.0549. The number of carbonyl (C=O) groups excluding carboxylic acids is 2. The van der Waals surface area contributed by atoms with Crippen LogP contribution in [-0.2, 0) is 9.59 Å². The number of hydrogen-bond acceptors (Lipinski definition) is 3. The molecule has 0 saturated carbocycles. The zero-order chi connectivity index (χ0) is 13.1. The lowest BCUT2D eigenvalue weighted by Gasteiger charge is -2.21. The normalized spacial score (nSPS) is 28.2. The van der Waals surface area contributed by atoms with Crippen molar-refractivity contribution in [1.29, 1.82) is 0 Å². The average molecular weight is 253 g/mol. The molecule has 0 aromatic rings. The summed E-state index contributed by atoms with van der Waals surface area (Å²) < 4.78 is 0. The van der Waals surface area contributed by atoms with Gasteiger partial charge < -0.3 is 15.5 Å². The number of nitrogens with zero attached hydrogens (tertiary/aromatic N) is 2. The van der Waals surface area contributed by atoms with Crippen LogP contribution in [0.1, 0.15) is 32.6 Å². The minimum atomic E-state index is 0.0549. The van der Waals surface area contributed by atoms with E-state index in [1.807, 2.05) is 4.90 Å². The summed E-state index contributed by atoms with van der Waals surface area (Å²) in [5, 5.41) is 0. The zero-order valence-electron chi connectivity index (χ0n) is 11.1. The summed E-state index contributed by atoms with van der Waals surface area (Å²) in [6.45, 7) is 4.51. The first-order valence-corrected chi connectivity index (χ1v) is 6.93. The van der Waals surface area contributed by atoms with Crippen molar-refractivity contribution >= 4 is 11.8 Å². The van der Waals surface area contributed by atoms with E-state index in [-0.39, 0.29) is 24.4 Å². The molecule has 0 aromatic carbocycles. The van der Waals surface area contributed by atoms with Crippen LogP contribution in [0.5, 0.6) is 0 Å². The Morgan fingerprint density at radius 3 is 2.83 bits per heavy atom. The van der Waals surface area contributed by atoms with Crippen molar-refractivity contribution in [3.05, 3.63) is 0 Å². The predicted octanol–water partition coefficient (Wildman–Crippen LogP) is 0.195. The van der Waals surface area contributed by atoms with Crippen molar-refractivity contribution in [2.75, 3.05) is 26.2 Å². The number of likely N-dealkylation sites (tertiary alicyclic amines) is 2. The van der Waals surface area contributed by atoms with Gasteiger partial charge in [-0.05, 0) is 18.8 Å². The van der Waals surface area contributed by atoms with Gasteiger partial charge in [-0.25, -0.2) is 0 Å². The summed E-state index contributed by atoms with van der Waals surface area (Å²) in [7, 11) is 0. The number of rotatable bonds is 4. The van der Waals surface area contributed by atoms with Gasteiger partial charge in [0.1, 0.15) is 0 Å².